The molecule has 0 aromatic carbocycles. The Labute approximate surface area is 105 Å². The fourth-order valence-electron chi connectivity index (χ4n) is 1.56. The van der Waals surface area contributed by atoms with Gasteiger partial charge in [0.15, 0.2) is 0 Å². The maximum absolute atomic E-state index is 5.54. The molecule has 0 saturated heterocycles. The Balaban J connectivity index is 2.03. The Bertz CT molecular complexity index is 373. The van der Waals surface area contributed by atoms with Gasteiger partial charge in [0.25, 0.3) is 0 Å². The van der Waals surface area contributed by atoms with E-state index in [1.165, 1.54) is 24.4 Å². The van der Waals surface area contributed by atoms with Crippen molar-refractivity contribution >= 4 is 33.9 Å². The molecule has 1 aromatic rings. The predicted molar refractivity (Wildman–Crippen MR) is 71.1 cm³/mol. The molecule has 4 nitrogen and oxygen atoms in total. The summed E-state index contributed by atoms with van der Waals surface area (Å²) in [4.78, 5) is 7.39. The van der Waals surface area contributed by atoms with Crippen molar-refractivity contribution in [1.29, 1.82) is 0 Å². The van der Waals surface area contributed by atoms with Crippen LogP contribution < -0.4 is 10.6 Å². The highest BCUT2D eigenvalue weighted by Crippen LogP contribution is 2.32. The highest BCUT2D eigenvalue weighted by molar-refractivity contribution is 7.80. The first-order valence-corrected chi connectivity index (χ1v) is 6.76. The van der Waals surface area contributed by atoms with Crippen LogP contribution in [0.15, 0.2) is 0 Å². The number of nitrogens with two attached hydrogens (primary N) is 1. The molecular weight excluding hydrogens is 240 g/mol. The first-order chi connectivity index (χ1) is 7.70. The molecule has 2 rings (SSSR count). The second-order valence-electron chi connectivity index (χ2n) is 3.99. The summed E-state index contributed by atoms with van der Waals surface area (Å²) in [5, 5.41) is 1.02. The summed E-state index contributed by atoms with van der Waals surface area (Å²) in [6.07, 6.45) is 4.15. The molecule has 0 atom stereocenters. The third-order valence-corrected chi connectivity index (χ3v) is 3.60. The van der Waals surface area contributed by atoms with E-state index in [1.807, 2.05) is 0 Å². The molecule has 88 valence electrons. The smallest absolute Gasteiger partial charge is 0.205 e. The Kier molecular flexibility index (Phi) is 3.70. The summed E-state index contributed by atoms with van der Waals surface area (Å²) in [7, 11) is 0. The summed E-state index contributed by atoms with van der Waals surface area (Å²) < 4.78 is 4.32. The van der Waals surface area contributed by atoms with Crippen molar-refractivity contribution in [3.8, 4) is 0 Å². The fraction of sp³-hybridized carbons (Fsp3) is 0.700. The molecule has 2 N–H and O–H groups in total. The van der Waals surface area contributed by atoms with Gasteiger partial charge in [0.1, 0.15) is 5.82 Å². The van der Waals surface area contributed by atoms with Gasteiger partial charge in [-0.25, -0.2) is 4.98 Å². The standard InChI is InChI=1S/C10H16N4S2/c1-2-9-12-10(16-13-9)14(7-3-4-7)6-5-8(11)15/h7H,2-6H2,1H3,(H2,11,15). The second-order valence-corrected chi connectivity index (χ2v) is 5.24. The van der Waals surface area contributed by atoms with Crippen LogP contribution in [0.1, 0.15) is 32.0 Å². The first-order valence-electron chi connectivity index (χ1n) is 5.58. The number of hydrogen-bond donors (Lipinski definition) is 1. The van der Waals surface area contributed by atoms with Gasteiger partial charge in [0, 0.05) is 37.0 Å². The third-order valence-electron chi connectivity index (χ3n) is 2.61. The summed E-state index contributed by atoms with van der Waals surface area (Å²) in [6, 6.07) is 0.631. The van der Waals surface area contributed by atoms with E-state index in [-0.39, 0.29) is 0 Å². The SMILES string of the molecule is CCc1nsc(N(CCC(N)=S)C2CC2)n1. The Morgan fingerprint density at radius 1 is 1.62 bits per heavy atom. The number of thiocarbonyl (C=S) groups is 1. The average Bonchev–Trinajstić information content (AvgIpc) is 2.96. The van der Waals surface area contributed by atoms with Crippen molar-refractivity contribution in [2.75, 3.05) is 11.4 Å². The van der Waals surface area contributed by atoms with Gasteiger partial charge >= 0.3 is 0 Å². The molecule has 0 aliphatic heterocycles. The molecule has 1 saturated carbocycles. The van der Waals surface area contributed by atoms with E-state index in [9.17, 15) is 0 Å². The van der Waals surface area contributed by atoms with E-state index in [0.29, 0.717) is 11.0 Å². The van der Waals surface area contributed by atoms with Crippen molar-refractivity contribution in [2.45, 2.75) is 38.6 Å². The fourth-order valence-corrected chi connectivity index (χ4v) is 2.50. The average molecular weight is 256 g/mol. The zero-order chi connectivity index (χ0) is 11.5. The van der Waals surface area contributed by atoms with Gasteiger partial charge in [-0.1, -0.05) is 19.1 Å². The molecule has 6 heteroatoms. The van der Waals surface area contributed by atoms with Gasteiger partial charge in [-0.3, -0.25) is 0 Å². The lowest BCUT2D eigenvalue weighted by atomic mass is 10.4. The topological polar surface area (TPSA) is 55.0 Å². The molecule has 1 fully saturated rings. The van der Waals surface area contributed by atoms with Crippen LogP contribution in [0.3, 0.4) is 0 Å². The molecule has 1 aliphatic rings. The summed E-state index contributed by atoms with van der Waals surface area (Å²) in [6.45, 7) is 2.95. The van der Waals surface area contributed by atoms with Crippen LogP contribution in [0.25, 0.3) is 0 Å². The lowest BCUT2D eigenvalue weighted by Crippen LogP contribution is -2.29. The number of hydrogen-bond acceptors (Lipinski definition) is 5. The number of aryl methyl sites for hydroxylation is 1. The molecule has 1 aromatic heterocycles. The molecule has 16 heavy (non-hydrogen) atoms. The molecule has 0 radical (unpaired) electrons. The van der Waals surface area contributed by atoms with Gasteiger partial charge in [-0.05, 0) is 12.8 Å². The van der Waals surface area contributed by atoms with Crippen LogP contribution >= 0.6 is 23.8 Å². The molecular formula is C10H16N4S2. The highest BCUT2D eigenvalue weighted by Gasteiger charge is 2.30. The second kappa shape index (κ2) is 5.05. The lowest BCUT2D eigenvalue weighted by molar-refractivity contribution is 0.792. The van der Waals surface area contributed by atoms with Crippen LogP contribution in [0, 0.1) is 0 Å². The summed E-state index contributed by atoms with van der Waals surface area (Å²) >= 11 is 6.40. The highest BCUT2D eigenvalue weighted by atomic mass is 32.1. The van der Waals surface area contributed by atoms with E-state index < -0.39 is 0 Å². The first kappa shape index (κ1) is 11.7. The Hall–Kier alpha value is -0.750. The summed E-state index contributed by atoms with van der Waals surface area (Å²) in [5.74, 6) is 0.931. The maximum atomic E-state index is 5.54. The van der Waals surface area contributed by atoms with Gasteiger partial charge in [-0.2, -0.15) is 4.37 Å². The third kappa shape index (κ3) is 2.89. The minimum Gasteiger partial charge on any atom is -0.393 e. The van der Waals surface area contributed by atoms with E-state index in [4.69, 9.17) is 18.0 Å². The van der Waals surface area contributed by atoms with Gasteiger partial charge < -0.3 is 10.6 Å². The van der Waals surface area contributed by atoms with E-state index >= 15 is 0 Å². The maximum Gasteiger partial charge on any atom is 0.205 e. The number of nitrogens with zero attached hydrogens (tertiary/aromatic N) is 3. The predicted octanol–water partition coefficient (Wildman–Crippen LogP) is 1.75. The molecule has 0 bridgehead atoms. The molecule has 0 spiro atoms. The zero-order valence-electron chi connectivity index (χ0n) is 9.35. The van der Waals surface area contributed by atoms with Crippen LogP contribution in [0.2, 0.25) is 0 Å². The number of aromatic nitrogens is 2. The molecule has 1 aliphatic carbocycles. The number of anilines is 1. The largest absolute Gasteiger partial charge is 0.393 e. The van der Waals surface area contributed by atoms with Crippen LogP contribution in [-0.2, 0) is 6.42 Å². The van der Waals surface area contributed by atoms with Gasteiger partial charge in [-0.15, -0.1) is 0 Å². The van der Waals surface area contributed by atoms with Crippen molar-refractivity contribution in [3.63, 3.8) is 0 Å². The van der Waals surface area contributed by atoms with E-state index in [1.54, 1.807) is 0 Å². The lowest BCUT2D eigenvalue weighted by Gasteiger charge is -2.20. The van der Waals surface area contributed by atoms with Crippen molar-refractivity contribution in [1.82, 2.24) is 9.36 Å². The van der Waals surface area contributed by atoms with E-state index in [0.717, 1.165) is 30.3 Å². The minimum atomic E-state index is 0.575. The number of rotatable bonds is 6. The normalized spacial score (nSPS) is 15.1. The molecule has 0 amide bonds. The molecule has 0 unspecified atom stereocenters. The van der Waals surface area contributed by atoms with Crippen LogP contribution in [-0.4, -0.2) is 26.9 Å². The van der Waals surface area contributed by atoms with Crippen LogP contribution in [0.5, 0.6) is 0 Å². The monoisotopic (exact) mass is 256 g/mol. The van der Waals surface area contributed by atoms with Crippen molar-refractivity contribution in [2.24, 2.45) is 5.73 Å². The Morgan fingerprint density at radius 3 is 2.88 bits per heavy atom. The quantitative estimate of drug-likeness (QED) is 0.786. The van der Waals surface area contributed by atoms with Gasteiger partial charge in [0.05, 0.1) is 4.99 Å². The molecule has 1 heterocycles. The summed E-state index contributed by atoms with van der Waals surface area (Å²) in [5.41, 5.74) is 5.54. The Morgan fingerprint density at radius 2 is 2.38 bits per heavy atom. The minimum absolute atomic E-state index is 0.575. The van der Waals surface area contributed by atoms with Crippen molar-refractivity contribution in [3.05, 3.63) is 5.82 Å². The van der Waals surface area contributed by atoms with Crippen molar-refractivity contribution < 1.29 is 0 Å². The van der Waals surface area contributed by atoms with Crippen LogP contribution in [0.4, 0.5) is 5.13 Å². The van der Waals surface area contributed by atoms with Gasteiger partial charge in [0.2, 0.25) is 5.13 Å². The zero-order valence-corrected chi connectivity index (χ0v) is 11.0. The van der Waals surface area contributed by atoms with E-state index in [2.05, 4.69) is 21.2 Å².